The average molecular weight is 1120 g/mol. The molecule has 6 aromatic rings. The van der Waals surface area contributed by atoms with E-state index in [1.807, 2.05) is 0 Å². The van der Waals surface area contributed by atoms with Gasteiger partial charge in [0.25, 0.3) is 0 Å². The Labute approximate surface area is 395 Å². The van der Waals surface area contributed by atoms with E-state index in [-0.39, 0.29) is 92.8 Å². The van der Waals surface area contributed by atoms with Crippen LogP contribution < -0.4 is 0 Å². The van der Waals surface area contributed by atoms with Crippen LogP contribution in [0, 0.1) is 0 Å². The van der Waals surface area contributed by atoms with Gasteiger partial charge in [-0.25, -0.2) is 28.8 Å². The standard InChI is InChI=1S/3C12H8N2O4.8CH4.2ClH.Os/c3*15-11(16)7-1-3-13-9(5-7)10-6-8(12(17)18)2-4-14-10;;;;;;;;;;;/h3*1-6H,(H,15,16)(H,17,18);8*1H4;2*1H;/q;;;;;;;;;;;;;+2/p-2. The number of hydrogen-bond donors (Lipinski definition) is 6. The third kappa shape index (κ3) is 21.7. The second-order valence-corrected chi connectivity index (χ2v) is 14.1. The van der Waals surface area contributed by atoms with Gasteiger partial charge in [-0.2, -0.15) is 0 Å². The number of carbonyl (C=O) groups is 6. The van der Waals surface area contributed by atoms with E-state index in [1.54, 1.807) is 0 Å². The molecule has 0 unspecified atom stereocenters. The first-order chi connectivity index (χ1) is 27.1. The van der Waals surface area contributed by atoms with Gasteiger partial charge >= 0.3 is 70.5 Å². The van der Waals surface area contributed by atoms with Gasteiger partial charge in [-0.3, -0.25) is 29.9 Å². The molecule has 356 valence electrons. The SMILES string of the molecule is C.C.C.C.C.C.C.C.O=C(O)c1ccnc(-c2cc(C(=O)O)ccn2)c1.O=C(O)c1ccnc(-c2cc(C(=O)O)ccn2)c1.O=C(O)c1ccnc(-c2cc(C(=O)O)ccn2)c1.[Cl][Os][Cl]. The number of aromatic nitrogens is 6. The molecule has 0 amide bonds. The van der Waals surface area contributed by atoms with Gasteiger partial charge in [-0.15, -0.1) is 0 Å². The molecule has 0 bridgehead atoms. The first kappa shape index (κ1) is 69.6. The molecule has 0 aromatic carbocycles. The Balaban J connectivity index is -0.000000184. The maximum absolute atomic E-state index is 10.8. The second-order valence-electron chi connectivity index (χ2n) is 10.5. The Hall–Kier alpha value is -7.06. The van der Waals surface area contributed by atoms with E-state index in [9.17, 15) is 28.8 Å². The van der Waals surface area contributed by atoms with Crippen molar-refractivity contribution in [3.63, 3.8) is 0 Å². The fraction of sp³-hybridized carbons (Fsp3) is 0.182. The summed E-state index contributed by atoms with van der Waals surface area (Å²) in [6.07, 6.45) is 8.05. The van der Waals surface area contributed by atoms with Crippen LogP contribution in [0.2, 0.25) is 0 Å². The molecule has 0 atom stereocenters. The van der Waals surface area contributed by atoms with Crippen LogP contribution in [0.5, 0.6) is 0 Å². The Kier molecular flexibility index (Phi) is 36.9. The van der Waals surface area contributed by atoms with Crippen LogP contribution in [0.4, 0.5) is 0 Å². The molecule has 0 fully saturated rings. The Morgan fingerprint density at radius 1 is 0.308 bits per heavy atom. The topological polar surface area (TPSA) is 301 Å². The molecule has 0 aliphatic heterocycles. The monoisotopic (exact) mass is 1120 g/mol. The van der Waals surface area contributed by atoms with E-state index in [1.165, 1.54) is 110 Å². The fourth-order valence-corrected chi connectivity index (χ4v) is 4.22. The minimum atomic E-state index is -1.08. The zero-order chi connectivity index (χ0) is 42.1. The third-order valence-electron chi connectivity index (χ3n) is 6.83. The molecular weight excluding hydrogens is 1070 g/mol. The van der Waals surface area contributed by atoms with Crippen LogP contribution >= 0.6 is 19.3 Å². The molecular formula is C44H56Cl2N6O12Os. The van der Waals surface area contributed by atoms with Crippen molar-refractivity contribution in [2.24, 2.45) is 0 Å². The maximum atomic E-state index is 10.8. The van der Waals surface area contributed by atoms with Crippen molar-refractivity contribution in [2.75, 3.05) is 0 Å². The fourth-order valence-electron chi connectivity index (χ4n) is 4.22. The molecule has 0 saturated heterocycles. The third-order valence-corrected chi connectivity index (χ3v) is 6.83. The van der Waals surface area contributed by atoms with Crippen LogP contribution in [0.1, 0.15) is 122 Å². The molecule has 0 aliphatic rings. The first-order valence-corrected chi connectivity index (χ1v) is 21.5. The van der Waals surface area contributed by atoms with Crippen molar-refractivity contribution < 1.29 is 74.8 Å². The van der Waals surface area contributed by atoms with E-state index in [4.69, 9.17) is 49.9 Å². The average Bonchev–Trinajstić information content (AvgIpc) is 3.22. The van der Waals surface area contributed by atoms with Gasteiger partial charge in [-0.05, 0) is 72.8 Å². The summed E-state index contributed by atoms with van der Waals surface area (Å²) in [5.74, 6) is -6.46. The predicted molar refractivity (Wildman–Crippen MR) is 250 cm³/mol. The Bertz CT molecular complexity index is 2010. The molecule has 0 radical (unpaired) electrons. The summed E-state index contributed by atoms with van der Waals surface area (Å²) in [6.45, 7) is 0. The van der Waals surface area contributed by atoms with Crippen LogP contribution in [-0.2, 0) is 15.4 Å². The minimum absolute atomic E-state index is 0. The zero-order valence-corrected chi connectivity index (χ0v) is 32.4. The first-order valence-electron chi connectivity index (χ1n) is 15.2. The Morgan fingerprint density at radius 3 is 0.508 bits per heavy atom. The van der Waals surface area contributed by atoms with Gasteiger partial charge in [0.05, 0.1) is 67.5 Å². The normalized spacial score (nSPS) is 8.65. The van der Waals surface area contributed by atoms with Crippen LogP contribution in [0.25, 0.3) is 34.2 Å². The quantitative estimate of drug-likeness (QED) is 0.0784. The van der Waals surface area contributed by atoms with Gasteiger partial charge in [0.15, 0.2) is 0 Å². The molecule has 0 saturated carbocycles. The number of carboxylic acids is 6. The molecule has 6 aromatic heterocycles. The van der Waals surface area contributed by atoms with Gasteiger partial charge < -0.3 is 30.6 Å². The van der Waals surface area contributed by atoms with E-state index in [2.05, 4.69) is 29.9 Å². The van der Waals surface area contributed by atoms with Crippen molar-refractivity contribution >= 4 is 55.1 Å². The molecule has 65 heavy (non-hydrogen) atoms. The molecule has 0 spiro atoms. The number of halogens is 2. The van der Waals surface area contributed by atoms with Crippen molar-refractivity contribution in [1.82, 2.24) is 29.9 Å². The Morgan fingerprint density at radius 2 is 0.415 bits per heavy atom. The summed E-state index contributed by atoms with van der Waals surface area (Å²) in [6, 6.07) is 16.2. The van der Waals surface area contributed by atoms with E-state index >= 15 is 0 Å². The zero-order valence-electron chi connectivity index (χ0n) is 28.3. The van der Waals surface area contributed by atoms with Gasteiger partial charge in [0.1, 0.15) is 0 Å². The van der Waals surface area contributed by atoms with Crippen LogP contribution in [0.3, 0.4) is 0 Å². The molecule has 0 aliphatic carbocycles. The molecule has 6 heterocycles. The summed E-state index contributed by atoms with van der Waals surface area (Å²) in [5, 5.41) is 53.1. The van der Waals surface area contributed by atoms with E-state index in [0.29, 0.717) is 34.2 Å². The second kappa shape index (κ2) is 34.4. The van der Waals surface area contributed by atoms with Gasteiger partial charge in [0, 0.05) is 37.2 Å². The summed E-state index contributed by atoms with van der Waals surface area (Å²) >= 11 is -0.639. The van der Waals surface area contributed by atoms with Crippen molar-refractivity contribution in [1.29, 1.82) is 0 Å². The summed E-state index contributed by atoms with van der Waals surface area (Å²) in [4.78, 5) is 88.7. The summed E-state index contributed by atoms with van der Waals surface area (Å²) < 4.78 is 0. The summed E-state index contributed by atoms with van der Waals surface area (Å²) in [5.41, 5.74) is 2.34. The number of nitrogens with zero attached hydrogens (tertiary/aromatic N) is 6. The number of rotatable bonds is 9. The number of hydrogen-bond acceptors (Lipinski definition) is 12. The van der Waals surface area contributed by atoms with Crippen molar-refractivity contribution in [2.45, 2.75) is 59.4 Å². The van der Waals surface area contributed by atoms with Crippen LogP contribution in [0.15, 0.2) is 110 Å². The molecule has 18 nitrogen and oxygen atoms in total. The number of carboxylic acid groups (broad SMARTS) is 6. The number of pyridine rings is 6. The predicted octanol–water partition coefficient (Wildman–Crippen LogP) is 11.1. The molecule has 6 rings (SSSR count). The van der Waals surface area contributed by atoms with Gasteiger partial charge in [-0.1, -0.05) is 59.4 Å². The van der Waals surface area contributed by atoms with Gasteiger partial charge in [0.2, 0.25) is 0 Å². The molecule has 6 N–H and O–H groups in total. The van der Waals surface area contributed by atoms with E-state index in [0.717, 1.165) is 0 Å². The van der Waals surface area contributed by atoms with Crippen molar-refractivity contribution in [3.05, 3.63) is 143 Å². The van der Waals surface area contributed by atoms with Crippen LogP contribution in [-0.4, -0.2) is 96.4 Å². The molecule has 21 heteroatoms. The van der Waals surface area contributed by atoms with E-state index < -0.39 is 51.2 Å². The van der Waals surface area contributed by atoms with Crippen molar-refractivity contribution in [3.8, 4) is 34.2 Å². The number of aromatic carboxylic acids is 6. The summed E-state index contributed by atoms with van der Waals surface area (Å²) in [7, 11) is 9.81.